The molecule has 2 aromatic rings. The average Bonchev–Trinajstić information content (AvgIpc) is 2.77. The predicted molar refractivity (Wildman–Crippen MR) is 143 cm³/mol. The van der Waals surface area contributed by atoms with Crippen molar-refractivity contribution in [3.8, 4) is 5.75 Å². The van der Waals surface area contributed by atoms with Gasteiger partial charge < -0.3 is 18.9 Å². The van der Waals surface area contributed by atoms with Gasteiger partial charge in [-0.15, -0.1) is 0 Å². The Kier molecular flexibility index (Phi) is 9.28. The fourth-order valence-corrected chi connectivity index (χ4v) is 5.01. The molecule has 34 heavy (non-hydrogen) atoms. The van der Waals surface area contributed by atoms with E-state index in [-0.39, 0.29) is 19.1 Å². The van der Waals surface area contributed by atoms with Gasteiger partial charge >= 0.3 is 0 Å². The van der Waals surface area contributed by atoms with Crippen LogP contribution in [-0.4, -0.2) is 58.9 Å². The number of aromatic nitrogens is 2. The molecule has 0 atom stereocenters. The molecule has 1 aliphatic heterocycles. The summed E-state index contributed by atoms with van der Waals surface area (Å²) < 4.78 is 24.5. The highest BCUT2D eigenvalue weighted by Gasteiger charge is 2.17. The number of rotatable bonds is 12. The lowest BCUT2D eigenvalue weighted by Crippen LogP contribution is -2.25. The molecule has 0 saturated carbocycles. The van der Waals surface area contributed by atoms with Crippen molar-refractivity contribution < 1.29 is 18.9 Å². The molecule has 1 aromatic heterocycles. The molecule has 2 heterocycles. The summed E-state index contributed by atoms with van der Waals surface area (Å²) >= 11 is 0. The molecule has 0 fully saturated rings. The van der Waals surface area contributed by atoms with Gasteiger partial charge in [0.2, 0.25) is 0 Å². The van der Waals surface area contributed by atoms with Gasteiger partial charge in [-0.3, -0.25) is 9.36 Å². The molecule has 3 rings (SSSR count). The third-order valence-corrected chi connectivity index (χ3v) is 9.16. The lowest BCUT2D eigenvalue weighted by molar-refractivity contribution is 0.0228. The van der Waals surface area contributed by atoms with Gasteiger partial charge in [-0.1, -0.05) is 45.4 Å². The van der Waals surface area contributed by atoms with Crippen LogP contribution in [0.3, 0.4) is 0 Å². The zero-order valence-corrected chi connectivity index (χ0v) is 23.6. The van der Waals surface area contributed by atoms with Gasteiger partial charge in [-0.25, -0.2) is 4.98 Å². The van der Waals surface area contributed by atoms with Crippen molar-refractivity contribution in [3.63, 3.8) is 0 Å². The monoisotopic (exact) mass is 504 g/mol. The van der Waals surface area contributed by atoms with Crippen molar-refractivity contribution in [1.82, 2.24) is 9.55 Å². The molecule has 0 radical (unpaired) electrons. The standard InChI is InChI=1S/C25H40N2O5Si2/c1-33(2,3)13-11-30-18-27-17-26-24-22(25(27)28)15-21(20-7-9-29-10-8-20)16-23(24)32-19-31-12-14-34(4,5)6/h7,15-17H,8-14,18-19H2,1-6H3. The van der Waals surface area contributed by atoms with Crippen LogP contribution in [0.15, 0.2) is 29.3 Å². The molecular formula is C25H40N2O5Si2. The third-order valence-electron chi connectivity index (χ3n) is 5.75. The summed E-state index contributed by atoms with van der Waals surface area (Å²) in [5.41, 5.74) is 2.54. The minimum atomic E-state index is -1.19. The Morgan fingerprint density at radius 3 is 2.38 bits per heavy atom. The van der Waals surface area contributed by atoms with Gasteiger partial charge in [0.1, 0.15) is 24.3 Å². The smallest absolute Gasteiger partial charge is 0.263 e. The van der Waals surface area contributed by atoms with Gasteiger partial charge in [0.25, 0.3) is 5.56 Å². The molecule has 0 N–H and O–H groups in total. The maximum absolute atomic E-state index is 13.3. The first-order valence-corrected chi connectivity index (χ1v) is 19.5. The Hall–Kier alpha value is -1.79. The normalized spacial score (nSPS) is 14.9. The minimum Gasteiger partial charge on any atom is -0.465 e. The van der Waals surface area contributed by atoms with Crippen molar-refractivity contribution in [2.24, 2.45) is 0 Å². The van der Waals surface area contributed by atoms with E-state index < -0.39 is 16.1 Å². The highest BCUT2D eigenvalue weighted by atomic mass is 28.3. The fraction of sp³-hybridized carbons (Fsp3) is 0.600. The molecular weight excluding hydrogens is 464 g/mol. The quantitative estimate of drug-likeness (QED) is 0.225. The number of fused-ring (bicyclic) bond motifs is 1. The first kappa shape index (κ1) is 26.8. The number of benzene rings is 1. The van der Waals surface area contributed by atoms with Crippen LogP contribution >= 0.6 is 0 Å². The van der Waals surface area contributed by atoms with Gasteiger partial charge in [0.15, 0.2) is 6.79 Å². The van der Waals surface area contributed by atoms with E-state index in [0.29, 0.717) is 43.1 Å². The van der Waals surface area contributed by atoms with E-state index in [0.717, 1.165) is 29.6 Å². The largest absolute Gasteiger partial charge is 0.465 e. The summed E-state index contributed by atoms with van der Waals surface area (Å²) in [5, 5.41) is 0.526. The summed E-state index contributed by atoms with van der Waals surface area (Å²) in [6.45, 7) is 16.8. The van der Waals surface area contributed by atoms with Crippen molar-refractivity contribution in [2.75, 3.05) is 33.2 Å². The minimum absolute atomic E-state index is 0.128. The molecule has 0 saturated heterocycles. The van der Waals surface area contributed by atoms with Crippen LogP contribution in [0.4, 0.5) is 0 Å². The van der Waals surface area contributed by atoms with Crippen LogP contribution in [0.25, 0.3) is 16.5 Å². The van der Waals surface area contributed by atoms with Crippen molar-refractivity contribution in [3.05, 3.63) is 40.5 Å². The fourth-order valence-electron chi connectivity index (χ4n) is 3.50. The second-order valence-electron chi connectivity index (χ2n) is 11.3. The van der Waals surface area contributed by atoms with E-state index in [4.69, 9.17) is 18.9 Å². The number of ether oxygens (including phenoxy) is 4. The maximum atomic E-state index is 13.3. The first-order chi connectivity index (χ1) is 16.0. The predicted octanol–water partition coefficient (Wildman–Crippen LogP) is 5.20. The lowest BCUT2D eigenvalue weighted by Gasteiger charge is -2.18. The second kappa shape index (κ2) is 11.8. The summed E-state index contributed by atoms with van der Waals surface area (Å²) in [5.74, 6) is 0.566. The zero-order chi connectivity index (χ0) is 24.8. The summed E-state index contributed by atoms with van der Waals surface area (Å²) in [4.78, 5) is 17.9. The SMILES string of the molecule is C[Si](C)(C)CCOCOc1cc(C2=CCOCC2)cc2c(=O)n(COCC[Si](C)(C)C)cnc12. The Morgan fingerprint density at radius 1 is 1.03 bits per heavy atom. The molecule has 0 amide bonds. The lowest BCUT2D eigenvalue weighted by atomic mass is 9.99. The number of nitrogens with zero attached hydrogens (tertiary/aromatic N) is 2. The Morgan fingerprint density at radius 2 is 1.74 bits per heavy atom. The van der Waals surface area contributed by atoms with Crippen molar-refractivity contribution in [1.29, 1.82) is 0 Å². The molecule has 9 heteroatoms. The highest BCUT2D eigenvalue weighted by molar-refractivity contribution is 6.76. The van der Waals surface area contributed by atoms with Crippen LogP contribution in [-0.2, 0) is 20.9 Å². The van der Waals surface area contributed by atoms with Crippen LogP contribution in [0, 0.1) is 0 Å². The van der Waals surface area contributed by atoms with Crippen LogP contribution in [0.1, 0.15) is 12.0 Å². The van der Waals surface area contributed by atoms with Crippen molar-refractivity contribution in [2.45, 2.75) is 64.5 Å². The van der Waals surface area contributed by atoms with Crippen molar-refractivity contribution >= 4 is 32.6 Å². The molecule has 0 spiro atoms. The molecule has 0 unspecified atom stereocenters. The topological polar surface area (TPSA) is 71.8 Å². The first-order valence-electron chi connectivity index (χ1n) is 12.1. The Balaban J connectivity index is 1.83. The van der Waals surface area contributed by atoms with E-state index in [1.807, 2.05) is 12.1 Å². The molecule has 0 bridgehead atoms. The van der Waals surface area contributed by atoms with Crippen LogP contribution < -0.4 is 10.3 Å². The Labute approximate surface area is 205 Å². The van der Waals surface area contributed by atoms with E-state index in [1.54, 1.807) is 6.33 Å². The second-order valence-corrected chi connectivity index (χ2v) is 22.5. The van der Waals surface area contributed by atoms with Gasteiger partial charge in [0.05, 0.1) is 18.6 Å². The average molecular weight is 505 g/mol. The molecule has 1 aliphatic rings. The van der Waals surface area contributed by atoms with Gasteiger partial charge in [-0.2, -0.15) is 0 Å². The summed E-state index contributed by atoms with van der Waals surface area (Å²) in [6.07, 6.45) is 4.41. The molecule has 7 nitrogen and oxygen atoms in total. The van der Waals surface area contributed by atoms with Crippen LogP contribution in [0.5, 0.6) is 5.75 Å². The van der Waals surface area contributed by atoms with E-state index in [1.165, 1.54) is 4.57 Å². The zero-order valence-electron chi connectivity index (χ0n) is 21.6. The third kappa shape index (κ3) is 8.16. The van der Waals surface area contributed by atoms with Gasteiger partial charge in [-0.05, 0) is 41.8 Å². The highest BCUT2D eigenvalue weighted by Crippen LogP contribution is 2.30. The van der Waals surface area contributed by atoms with Crippen LogP contribution in [0.2, 0.25) is 51.4 Å². The van der Waals surface area contributed by atoms with E-state index in [2.05, 4.69) is 50.3 Å². The molecule has 0 aliphatic carbocycles. The van der Waals surface area contributed by atoms with Gasteiger partial charge in [0, 0.05) is 29.4 Å². The number of hydrogen-bond donors (Lipinski definition) is 0. The summed E-state index contributed by atoms with van der Waals surface area (Å²) in [7, 11) is -2.35. The molecule has 1 aromatic carbocycles. The van der Waals surface area contributed by atoms with E-state index >= 15 is 0 Å². The van der Waals surface area contributed by atoms with E-state index in [9.17, 15) is 4.79 Å². The summed E-state index contributed by atoms with van der Waals surface area (Å²) in [6, 6.07) is 6.01. The Bertz CT molecular complexity index is 1050. The maximum Gasteiger partial charge on any atom is 0.263 e. The number of hydrogen-bond acceptors (Lipinski definition) is 6. The molecule has 188 valence electrons.